The van der Waals surface area contributed by atoms with E-state index in [0.717, 1.165) is 0 Å². The van der Waals surface area contributed by atoms with E-state index >= 15 is 0 Å². The van der Waals surface area contributed by atoms with E-state index in [1.165, 1.54) is 18.2 Å². The van der Waals surface area contributed by atoms with E-state index in [4.69, 9.17) is 9.84 Å². The zero-order valence-corrected chi connectivity index (χ0v) is 10.6. The monoisotopic (exact) mass is 269 g/mol. The standard InChI is InChI=1S/C13H16FNO4/c1-2-11(13(17)18)15-12(16)6-7-19-10-5-3-4-9(14)8-10/h3-5,8,11H,2,6-7H2,1H3,(H,15,16)(H,17,18). The number of benzene rings is 1. The van der Waals surface area contributed by atoms with Crippen LogP contribution < -0.4 is 10.1 Å². The zero-order valence-electron chi connectivity index (χ0n) is 10.6. The van der Waals surface area contributed by atoms with Crippen molar-refractivity contribution in [3.05, 3.63) is 30.1 Å². The maximum Gasteiger partial charge on any atom is 0.326 e. The van der Waals surface area contributed by atoms with E-state index in [1.807, 2.05) is 0 Å². The molecule has 0 aliphatic heterocycles. The summed E-state index contributed by atoms with van der Waals surface area (Å²) >= 11 is 0. The minimum Gasteiger partial charge on any atom is -0.493 e. The molecule has 0 heterocycles. The lowest BCUT2D eigenvalue weighted by atomic mass is 10.2. The van der Waals surface area contributed by atoms with Crippen LogP contribution in [0, 0.1) is 5.82 Å². The average Bonchev–Trinajstić information content (AvgIpc) is 2.35. The maximum atomic E-state index is 12.8. The fraction of sp³-hybridized carbons (Fsp3) is 0.385. The van der Waals surface area contributed by atoms with Gasteiger partial charge in [0.1, 0.15) is 17.6 Å². The Morgan fingerprint density at radius 2 is 2.21 bits per heavy atom. The van der Waals surface area contributed by atoms with Crippen LogP contribution in [-0.4, -0.2) is 29.6 Å². The Kier molecular flexibility index (Phi) is 5.78. The summed E-state index contributed by atoms with van der Waals surface area (Å²) in [7, 11) is 0. The Hall–Kier alpha value is -2.11. The summed E-state index contributed by atoms with van der Waals surface area (Å²) in [5.41, 5.74) is 0. The van der Waals surface area contributed by atoms with Gasteiger partial charge in [-0.25, -0.2) is 9.18 Å². The maximum absolute atomic E-state index is 12.8. The highest BCUT2D eigenvalue weighted by Gasteiger charge is 2.17. The van der Waals surface area contributed by atoms with E-state index < -0.39 is 23.7 Å². The lowest BCUT2D eigenvalue weighted by Crippen LogP contribution is -2.40. The van der Waals surface area contributed by atoms with Crippen molar-refractivity contribution in [2.75, 3.05) is 6.61 Å². The molecule has 2 N–H and O–H groups in total. The van der Waals surface area contributed by atoms with Crippen LogP contribution in [0.2, 0.25) is 0 Å². The van der Waals surface area contributed by atoms with E-state index in [9.17, 15) is 14.0 Å². The van der Waals surface area contributed by atoms with Gasteiger partial charge in [-0.05, 0) is 18.6 Å². The van der Waals surface area contributed by atoms with Gasteiger partial charge in [-0.15, -0.1) is 0 Å². The fourth-order valence-electron chi connectivity index (χ4n) is 1.42. The van der Waals surface area contributed by atoms with Crippen LogP contribution in [0.15, 0.2) is 24.3 Å². The number of amides is 1. The zero-order chi connectivity index (χ0) is 14.3. The number of carbonyl (C=O) groups is 2. The highest BCUT2D eigenvalue weighted by atomic mass is 19.1. The number of ether oxygens (including phenoxy) is 1. The second kappa shape index (κ2) is 7.35. The minimum atomic E-state index is -1.07. The molecule has 104 valence electrons. The number of carboxylic acid groups (broad SMARTS) is 1. The van der Waals surface area contributed by atoms with Crippen LogP contribution >= 0.6 is 0 Å². The molecule has 0 aliphatic rings. The van der Waals surface area contributed by atoms with Crippen LogP contribution in [0.3, 0.4) is 0 Å². The van der Waals surface area contributed by atoms with Gasteiger partial charge in [-0.2, -0.15) is 0 Å². The van der Waals surface area contributed by atoms with E-state index in [1.54, 1.807) is 13.0 Å². The summed E-state index contributed by atoms with van der Waals surface area (Å²) in [6.45, 7) is 1.73. The Morgan fingerprint density at radius 1 is 1.47 bits per heavy atom. The molecule has 0 radical (unpaired) electrons. The van der Waals surface area contributed by atoms with Gasteiger partial charge in [0.15, 0.2) is 0 Å². The van der Waals surface area contributed by atoms with E-state index in [2.05, 4.69) is 5.32 Å². The van der Waals surface area contributed by atoms with Crippen molar-refractivity contribution >= 4 is 11.9 Å². The van der Waals surface area contributed by atoms with Gasteiger partial charge in [0.05, 0.1) is 13.0 Å². The highest BCUT2D eigenvalue weighted by Crippen LogP contribution is 2.11. The summed E-state index contributed by atoms with van der Waals surface area (Å²) in [4.78, 5) is 22.2. The molecule has 1 aromatic rings. The molecule has 0 aromatic heterocycles. The van der Waals surface area contributed by atoms with Crippen LogP contribution in [0.25, 0.3) is 0 Å². The van der Waals surface area contributed by atoms with Gasteiger partial charge in [0.25, 0.3) is 0 Å². The molecule has 0 saturated carbocycles. The summed E-state index contributed by atoms with van der Waals surface area (Å²) in [5.74, 6) is -1.57. The molecule has 6 heteroatoms. The Labute approximate surface area is 110 Å². The number of carbonyl (C=O) groups excluding carboxylic acids is 1. The van der Waals surface area contributed by atoms with Crippen molar-refractivity contribution in [3.8, 4) is 5.75 Å². The lowest BCUT2D eigenvalue weighted by Gasteiger charge is -2.12. The van der Waals surface area contributed by atoms with Crippen LogP contribution in [0.4, 0.5) is 4.39 Å². The molecular weight excluding hydrogens is 253 g/mol. The van der Waals surface area contributed by atoms with Crippen molar-refractivity contribution in [2.45, 2.75) is 25.8 Å². The first-order valence-corrected chi connectivity index (χ1v) is 5.93. The van der Waals surface area contributed by atoms with Crippen LogP contribution in [0.5, 0.6) is 5.75 Å². The smallest absolute Gasteiger partial charge is 0.326 e. The summed E-state index contributed by atoms with van der Waals surface area (Å²) < 4.78 is 18.0. The SMILES string of the molecule is CCC(NC(=O)CCOc1cccc(F)c1)C(=O)O. The number of carboxylic acids is 1. The van der Waals surface area contributed by atoms with Gasteiger partial charge in [-0.3, -0.25) is 4.79 Å². The van der Waals surface area contributed by atoms with Crippen molar-refractivity contribution in [1.82, 2.24) is 5.32 Å². The van der Waals surface area contributed by atoms with Crippen molar-refractivity contribution in [2.24, 2.45) is 0 Å². The minimum absolute atomic E-state index is 0.0142. The van der Waals surface area contributed by atoms with Gasteiger partial charge in [-0.1, -0.05) is 13.0 Å². The predicted octanol–water partition coefficient (Wildman–Crippen LogP) is 1.57. The number of hydrogen-bond acceptors (Lipinski definition) is 3. The topological polar surface area (TPSA) is 75.6 Å². The summed E-state index contributed by atoms with van der Waals surface area (Å²) in [6.07, 6.45) is 0.326. The third-order valence-corrected chi connectivity index (χ3v) is 2.44. The molecule has 0 saturated heterocycles. The molecule has 0 fully saturated rings. The van der Waals surface area contributed by atoms with E-state index in [-0.39, 0.29) is 13.0 Å². The van der Waals surface area contributed by atoms with Crippen LogP contribution in [-0.2, 0) is 9.59 Å². The molecule has 1 amide bonds. The molecule has 1 unspecified atom stereocenters. The third kappa shape index (κ3) is 5.37. The molecule has 1 aromatic carbocycles. The number of nitrogens with one attached hydrogen (secondary N) is 1. The fourth-order valence-corrected chi connectivity index (χ4v) is 1.42. The van der Waals surface area contributed by atoms with Gasteiger partial charge < -0.3 is 15.2 Å². The molecule has 0 spiro atoms. The average molecular weight is 269 g/mol. The molecule has 19 heavy (non-hydrogen) atoms. The van der Waals surface area contributed by atoms with Gasteiger partial charge >= 0.3 is 5.97 Å². The quantitative estimate of drug-likeness (QED) is 0.788. The summed E-state index contributed by atoms with van der Waals surface area (Å²) in [5, 5.41) is 11.1. The number of rotatable bonds is 7. The summed E-state index contributed by atoms with van der Waals surface area (Å²) in [6, 6.07) is 4.69. The Balaban J connectivity index is 2.33. The first-order valence-electron chi connectivity index (χ1n) is 5.93. The predicted molar refractivity (Wildman–Crippen MR) is 66.4 cm³/mol. The lowest BCUT2D eigenvalue weighted by molar-refractivity contribution is -0.142. The van der Waals surface area contributed by atoms with Gasteiger partial charge in [0, 0.05) is 6.07 Å². The number of halogens is 1. The van der Waals surface area contributed by atoms with Crippen molar-refractivity contribution < 1.29 is 23.8 Å². The number of aliphatic carboxylic acids is 1. The number of hydrogen-bond donors (Lipinski definition) is 2. The first-order chi connectivity index (χ1) is 9.02. The molecule has 1 atom stereocenters. The second-order valence-electron chi connectivity index (χ2n) is 3.92. The molecular formula is C13H16FNO4. The normalized spacial score (nSPS) is 11.7. The molecule has 0 aliphatic carbocycles. The largest absolute Gasteiger partial charge is 0.493 e. The van der Waals surface area contributed by atoms with E-state index in [0.29, 0.717) is 12.2 Å². The van der Waals surface area contributed by atoms with Crippen molar-refractivity contribution in [1.29, 1.82) is 0 Å². The van der Waals surface area contributed by atoms with Crippen LogP contribution in [0.1, 0.15) is 19.8 Å². The first kappa shape index (κ1) is 14.9. The molecule has 5 nitrogen and oxygen atoms in total. The highest BCUT2D eigenvalue weighted by molar-refractivity contribution is 5.83. The third-order valence-electron chi connectivity index (χ3n) is 2.44. The molecule has 0 bridgehead atoms. The molecule has 1 rings (SSSR count). The second-order valence-corrected chi connectivity index (χ2v) is 3.92. The van der Waals surface area contributed by atoms with Gasteiger partial charge in [0.2, 0.25) is 5.91 Å². The Bertz CT molecular complexity index is 450. The Morgan fingerprint density at radius 3 is 2.79 bits per heavy atom. The van der Waals surface area contributed by atoms with Crippen molar-refractivity contribution in [3.63, 3.8) is 0 Å².